The van der Waals surface area contributed by atoms with E-state index in [1.165, 1.54) is 42.1 Å². The summed E-state index contributed by atoms with van der Waals surface area (Å²) in [5.74, 6) is 0. The summed E-state index contributed by atoms with van der Waals surface area (Å²) in [6, 6.07) is 58.5. The van der Waals surface area contributed by atoms with E-state index >= 15 is 0 Å². The molecule has 0 amide bonds. The van der Waals surface area contributed by atoms with Gasteiger partial charge in [-0.2, -0.15) is 0 Å². The van der Waals surface area contributed by atoms with Gasteiger partial charge < -0.3 is 13.7 Å². The Morgan fingerprint density at radius 2 is 0.960 bits per heavy atom. The highest BCUT2D eigenvalue weighted by atomic mass is 32.1. The molecular formula is C46H27NO2S. The van der Waals surface area contributed by atoms with Crippen molar-refractivity contribution < 1.29 is 8.83 Å². The normalized spacial score (nSPS) is 12.0. The summed E-state index contributed by atoms with van der Waals surface area (Å²) < 4.78 is 15.2. The summed E-state index contributed by atoms with van der Waals surface area (Å²) in [7, 11) is 0. The number of furan rings is 2. The maximum absolute atomic E-state index is 6.35. The maximum atomic E-state index is 6.35. The molecule has 50 heavy (non-hydrogen) atoms. The van der Waals surface area contributed by atoms with Crippen molar-refractivity contribution in [2.24, 2.45) is 0 Å². The minimum absolute atomic E-state index is 0.865. The highest BCUT2D eigenvalue weighted by molar-refractivity contribution is 7.25. The number of fused-ring (bicyclic) bond motifs is 10. The van der Waals surface area contributed by atoms with Crippen molar-refractivity contribution in [2.75, 3.05) is 4.90 Å². The Morgan fingerprint density at radius 1 is 0.340 bits per heavy atom. The van der Waals surface area contributed by atoms with Crippen molar-refractivity contribution in [3.63, 3.8) is 0 Å². The molecule has 3 aromatic heterocycles. The zero-order valence-electron chi connectivity index (χ0n) is 26.8. The summed E-state index contributed by atoms with van der Waals surface area (Å²) in [4.78, 5) is 2.30. The fourth-order valence-corrected chi connectivity index (χ4v) is 8.74. The molecule has 234 valence electrons. The monoisotopic (exact) mass is 657 g/mol. The van der Waals surface area contributed by atoms with Crippen LogP contribution in [-0.4, -0.2) is 0 Å². The third kappa shape index (κ3) is 4.22. The molecule has 0 aliphatic rings. The average molecular weight is 658 g/mol. The summed E-state index contributed by atoms with van der Waals surface area (Å²) >= 11 is 1.86. The summed E-state index contributed by atoms with van der Waals surface area (Å²) in [6.45, 7) is 0. The Bertz CT molecular complexity index is 3110. The Morgan fingerprint density at radius 3 is 1.80 bits per heavy atom. The molecule has 0 aliphatic heterocycles. The third-order valence-corrected chi connectivity index (χ3v) is 11.2. The van der Waals surface area contributed by atoms with Gasteiger partial charge in [0, 0.05) is 64.8 Å². The quantitative estimate of drug-likeness (QED) is 0.189. The predicted molar refractivity (Wildman–Crippen MR) is 212 cm³/mol. The Labute approximate surface area is 290 Å². The van der Waals surface area contributed by atoms with E-state index in [-0.39, 0.29) is 0 Å². The summed E-state index contributed by atoms with van der Waals surface area (Å²) in [5, 5.41) is 9.60. The number of hydrogen-bond acceptors (Lipinski definition) is 4. The van der Waals surface area contributed by atoms with Gasteiger partial charge in [-0.05, 0) is 101 Å². The smallest absolute Gasteiger partial charge is 0.137 e. The van der Waals surface area contributed by atoms with Crippen LogP contribution in [0.25, 0.3) is 85.9 Å². The number of hydrogen-bond donors (Lipinski definition) is 0. The highest BCUT2D eigenvalue weighted by Gasteiger charge is 2.18. The van der Waals surface area contributed by atoms with Crippen LogP contribution in [0.15, 0.2) is 173 Å². The van der Waals surface area contributed by atoms with Crippen LogP contribution in [0.1, 0.15) is 0 Å². The van der Waals surface area contributed by atoms with Crippen LogP contribution in [0.5, 0.6) is 0 Å². The van der Waals surface area contributed by atoms with Gasteiger partial charge in [0.2, 0.25) is 0 Å². The van der Waals surface area contributed by atoms with E-state index in [9.17, 15) is 0 Å². The molecule has 0 saturated heterocycles. The van der Waals surface area contributed by atoms with Crippen molar-refractivity contribution in [1.29, 1.82) is 0 Å². The lowest BCUT2D eigenvalue weighted by Crippen LogP contribution is -2.09. The van der Waals surface area contributed by atoms with Gasteiger partial charge >= 0.3 is 0 Å². The van der Waals surface area contributed by atoms with E-state index < -0.39 is 0 Å². The first-order valence-electron chi connectivity index (χ1n) is 16.8. The lowest BCUT2D eigenvalue weighted by atomic mass is 9.99. The van der Waals surface area contributed by atoms with Gasteiger partial charge in [0.05, 0.1) is 0 Å². The van der Waals surface area contributed by atoms with Crippen LogP contribution in [0, 0.1) is 0 Å². The number of nitrogens with zero attached hydrogens (tertiary/aromatic N) is 1. The minimum Gasteiger partial charge on any atom is -0.456 e. The SMILES string of the molecule is c1ccc2c(c1)oc1cc(N(c3ccc(-c4ccc5cc6sc7ccccc7c6cc5c4)cc3)c3ccc4oc5ccccc5c4c3)ccc12. The zero-order valence-corrected chi connectivity index (χ0v) is 27.6. The van der Waals surface area contributed by atoms with E-state index in [4.69, 9.17) is 8.83 Å². The predicted octanol–water partition coefficient (Wildman–Crippen LogP) is 14.1. The largest absolute Gasteiger partial charge is 0.456 e. The van der Waals surface area contributed by atoms with Gasteiger partial charge in [-0.1, -0.05) is 78.9 Å². The molecule has 0 aliphatic carbocycles. The molecule has 3 nitrogen and oxygen atoms in total. The van der Waals surface area contributed by atoms with Crippen molar-refractivity contribution in [3.8, 4) is 11.1 Å². The Kier molecular flexibility index (Phi) is 5.83. The molecular weight excluding hydrogens is 631 g/mol. The maximum Gasteiger partial charge on any atom is 0.137 e. The van der Waals surface area contributed by atoms with Crippen LogP contribution in [0.4, 0.5) is 17.1 Å². The standard InChI is InChI=1S/C46H27NO2S/c1-4-10-41-35(7-1)37-21-19-34(27-44(37)49-41)47(33-20-22-43-39(26-33)36-8-2-5-11-42(36)48-43)32-17-15-28(16-18-32)29-13-14-30-25-46-40(24-31(30)23-29)38-9-3-6-12-45(38)50-46/h1-27H. The molecule has 3 heterocycles. The average Bonchev–Trinajstić information content (AvgIpc) is 3.84. The number of rotatable bonds is 4. The Hall–Kier alpha value is -6.36. The molecule has 11 rings (SSSR count). The molecule has 8 aromatic carbocycles. The van der Waals surface area contributed by atoms with E-state index in [1.807, 2.05) is 35.6 Å². The molecule has 0 atom stereocenters. The molecule has 0 N–H and O–H groups in total. The molecule has 0 bridgehead atoms. The first kappa shape index (κ1) is 27.6. The number of thiophene rings is 1. The molecule has 4 heteroatoms. The van der Waals surface area contributed by atoms with Gasteiger partial charge in [-0.3, -0.25) is 0 Å². The van der Waals surface area contributed by atoms with E-state index in [1.54, 1.807) is 0 Å². The fraction of sp³-hybridized carbons (Fsp3) is 0. The second-order valence-electron chi connectivity index (χ2n) is 12.9. The molecule has 0 saturated carbocycles. The summed E-state index contributed by atoms with van der Waals surface area (Å²) in [6.07, 6.45) is 0. The summed E-state index contributed by atoms with van der Waals surface area (Å²) in [5.41, 5.74) is 9.03. The van der Waals surface area contributed by atoms with Crippen molar-refractivity contribution in [1.82, 2.24) is 0 Å². The van der Waals surface area contributed by atoms with Gasteiger partial charge in [0.25, 0.3) is 0 Å². The van der Waals surface area contributed by atoms with Crippen LogP contribution in [0.2, 0.25) is 0 Å². The molecule has 0 spiro atoms. The Balaban J connectivity index is 1.04. The second kappa shape index (κ2) is 10.6. The van der Waals surface area contributed by atoms with Crippen LogP contribution >= 0.6 is 11.3 Å². The van der Waals surface area contributed by atoms with Crippen molar-refractivity contribution in [3.05, 3.63) is 164 Å². The topological polar surface area (TPSA) is 29.5 Å². The van der Waals surface area contributed by atoms with Crippen molar-refractivity contribution in [2.45, 2.75) is 0 Å². The van der Waals surface area contributed by atoms with Gasteiger partial charge in [0.15, 0.2) is 0 Å². The first-order chi connectivity index (χ1) is 24.7. The van der Waals surface area contributed by atoms with E-state index in [0.29, 0.717) is 0 Å². The number of para-hydroxylation sites is 2. The van der Waals surface area contributed by atoms with Crippen LogP contribution in [0.3, 0.4) is 0 Å². The number of anilines is 3. The van der Waals surface area contributed by atoms with Crippen molar-refractivity contribution >= 4 is 103 Å². The number of benzene rings is 8. The van der Waals surface area contributed by atoms with E-state index in [0.717, 1.165) is 60.9 Å². The lowest BCUT2D eigenvalue weighted by molar-refractivity contribution is 0.668. The van der Waals surface area contributed by atoms with Gasteiger partial charge in [0.1, 0.15) is 22.3 Å². The molecule has 0 unspecified atom stereocenters. The third-order valence-electron chi connectivity index (χ3n) is 10.0. The second-order valence-corrected chi connectivity index (χ2v) is 14.0. The van der Waals surface area contributed by atoms with Gasteiger partial charge in [-0.25, -0.2) is 0 Å². The highest BCUT2D eigenvalue weighted by Crippen LogP contribution is 2.42. The minimum atomic E-state index is 0.865. The lowest BCUT2D eigenvalue weighted by Gasteiger charge is -2.25. The molecule has 0 radical (unpaired) electrons. The van der Waals surface area contributed by atoms with Gasteiger partial charge in [-0.15, -0.1) is 11.3 Å². The zero-order chi connectivity index (χ0) is 32.8. The van der Waals surface area contributed by atoms with E-state index in [2.05, 4.69) is 144 Å². The molecule has 11 aromatic rings. The molecule has 0 fully saturated rings. The van der Waals surface area contributed by atoms with Crippen LogP contribution < -0.4 is 4.90 Å². The fourth-order valence-electron chi connectivity index (χ4n) is 7.60. The first-order valence-corrected chi connectivity index (χ1v) is 17.6. The van der Waals surface area contributed by atoms with Crippen LogP contribution in [-0.2, 0) is 0 Å².